The number of para-hydroxylation sites is 1. The van der Waals surface area contributed by atoms with E-state index >= 15 is 0 Å². The lowest BCUT2D eigenvalue weighted by atomic mass is 9.93. The fourth-order valence-corrected chi connectivity index (χ4v) is 5.32. The van der Waals surface area contributed by atoms with E-state index in [0.717, 1.165) is 22.1 Å². The highest BCUT2D eigenvalue weighted by molar-refractivity contribution is 7.89. The molecule has 0 bridgehead atoms. The van der Waals surface area contributed by atoms with Crippen molar-refractivity contribution in [2.75, 3.05) is 26.0 Å². The van der Waals surface area contributed by atoms with Gasteiger partial charge in [0.25, 0.3) is 0 Å². The van der Waals surface area contributed by atoms with Gasteiger partial charge in [-0.15, -0.1) is 0 Å². The Bertz CT molecular complexity index is 1330. The molecule has 0 saturated heterocycles. The van der Waals surface area contributed by atoms with Crippen LogP contribution >= 0.6 is 0 Å². The van der Waals surface area contributed by atoms with E-state index in [2.05, 4.69) is 9.46 Å². The highest BCUT2D eigenvalue weighted by atomic mass is 32.2. The van der Waals surface area contributed by atoms with Crippen LogP contribution in [-0.4, -0.2) is 40.4 Å². The van der Waals surface area contributed by atoms with Crippen molar-refractivity contribution in [2.45, 2.75) is 12.3 Å². The molecule has 4 aromatic rings. The smallest absolute Gasteiger partial charge is 0.343 e. The second-order valence-corrected chi connectivity index (χ2v) is 9.91. The number of hydrogen-bond acceptors (Lipinski definition) is 6. The number of furan rings is 1. The fourth-order valence-electron chi connectivity index (χ4n) is 3.96. The first-order chi connectivity index (χ1) is 17.0. The molecule has 0 spiro atoms. The van der Waals surface area contributed by atoms with Crippen molar-refractivity contribution in [3.63, 3.8) is 0 Å². The lowest BCUT2D eigenvalue weighted by Gasteiger charge is -2.18. The minimum absolute atomic E-state index is 0.0569. The van der Waals surface area contributed by atoms with Crippen molar-refractivity contribution in [1.29, 1.82) is 0 Å². The van der Waals surface area contributed by atoms with E-state index in [9.17, 15) is 13.2 Å². The SMILES string of the molecule is COC(=O)COc1cccc2c(CCNS(=O)(=O)CC(c3ccccc3)c3ccccc3)coc12. The lowest BCUT2D eigenvalue weighted by molar-refractivity contribution is -0.142. The predicted octanol–water partition coefficient (Wildman–Crippen LogP) is 4.28. The minimum Gasteiger partial charge on any atom is -0.478 e. The van der Waals surface area contributed by atoms with Gasteiger partial charge in [0.05, 0.1) is 19.1 Å². The summed E-state index contributed by atoms with van der Waals surface area (Å²) in [4.78, 5) is 11.4. The lowest BCUT2D eigenvalue weighted by Crippen LogP contribution is -2.31. The maximum Gasteiger partial charge on any atom is 0.343 e. The van der Waals surface area contributed by atoms with Gasteiger partial charge in [-0.05, 0) is 29.2 Å². The van der Waals surface area contributed by atoms with Gasteiger partial charge in [0.15, 0.2) is 17.9 Å². The molecule has 182 valence electrons. The number of fused-ring (bicyclic) bond motifs is 1. The Kier molecular flexibility index (Phi) is 7.84. The van der Waals surface area contributed by atoms with Gasteiger partial charge in [-0.25, -0.2) is 17.9 Å². The minimum atomic E-state index is -3.57. The quantitative estimate of drug-likeness (QED) is 0.314. The number of carbonyl (C=O) groups is 1. The number of esters is 1. The molecule has 0 atom stereocenters. The van der Waals surface area contributed by atoms with Crippen molar-refractivity contribution >= 4 is 27.0 Å². The summed E-state index contributed by atoms with van der Waals surface area (Å²) in [5, 5.41) is 0.804. The molecule has 7 nitrogen and oxygen atoms in total. The summed E-state index contributed by atoms with van der Waals surface area (Å²) >= 11 is 0. The Hall–Kier alpha value is -3.62. The largest absolute Gasteiger partial charge is 0.478 e. The van der Waals surface area contributed by atoms with Gasteiger partial charge < -0.3 is 13.9 Å². The van der Waals surface area contributed by atoms with E-state index in [-0.39, 0.29) is 24.8 Å². The monoisotopic (exact) mass is 493 g/mol. The number of methoxy groups -OCH3 is 1. The number of ether oxygens (including phenoxy) is 2. The third kappa shape index (κ3) is 6.29. The van der Waals surface area contributed by atoms with Gasteiger partial charge in [-0.1, -0.05) is 72.8 Å². The zero-order valence-electron chi connectivity index (χ0n) is 19.3. The zero-order chi connectivity index (χ0) is 24.7. The molecular formula is C27H27NO6S. The summed E-state index contributed by atoms with van der Waals surface area (Å²) in [5.41, 5.74) is 3.24. The highest BCUT2D eigenvalue weighted by Crippen LogP contribution is 2.30. The van der Waals surface area contributed by atoms with Crippen molar-refractivity contribution in [2.24, 2.45) is 0 Å². The van der Waals surface area contributed by atoms with E-state index in [4.69, 9.17) is 9.15 Å². The van der Waals surface area contributed by atoms with E-state index < -0.39 is 16.0 Å². The van der Waals surface area contributed by atoms with Crippen molar-refractivity contribution in [3.05, 3.63) is 102 Å². The molecule has 0 fully saturated rings. The molecule has 0 aliphatic carbocycles. The van der Waals surface area contributed by atoms with Crippen LogP contribution in [0.15, 0.2) is 89.5 Å². The van der Waals surface area contributed by atoms with Gasteiger partial charge in [-0.3, -0.25) is 0 Å². The van der Waals surface area contributed by atoms with E-state index in [0.29, 0.717) is 17.8 Å². The van der Waals surface area contributed by atoms with Crippen molar-refractivity contribution in [3.8, 4) is 5.75 Å². The van der Waals surface area contributed by atoms with Gasteiger partial charge in [-0.2, -0.15) is 0 Å². The number of hydrogen-bond donors (Lipinski definition) is 1. The fraction of sp³-hybridized carbons (Fsp3) is 0.222. The molecule has 4 rings (SSSR count). The molecule has 1 aromatic heterocycles. The van der Waals surface area contributed by atoms with Crippen LogP contribution in [0, 0.1) is 0 Å². The van der Waals surface area contributed by atoms with Crippen LogP contribution in [-0.2, 0) is 26.0 Å². The van der Waals surface area contributed by atoms with Crippen LogP contribution in [0.5, 0.6) is 5.75 Å². The normalized spacial score (nSPS) is 11.6. The molecule has 1 N–H and O–H groups in total. The molecular weight excluding hydrogens is 466 g/mol. The Balaban J connectivity index is 1.43. The van der Waals surface area contributed by atoms with Crippen LogP contribution < -0.4 is 9.46 Å². The number of carbonyl (C=O) groups excluding carboxylic acids is 1. The van der Waals surface area contributed by atoms with Gasteiger partial charge >= 0.3 is 5.97 Å². The summed E-state index contributed by atoms with van der Waals surface area (Å²) in [6.45, 7) is -0.00402. The van der Waals surface area contributed by atoms with Crippen molar-refractivity contribution in [1.82, 2.24) is 4.72 Å². The molecule has 3 aromatic carbocycles. The molecule has 35 heavy (non-hydrogen) atoms. The molecule has 0 aliphatic rings. The van der Waals surface area contributed by atoms with Crippen LogP contribution in [0.2, 0.25) is 0 Å². The Morgan fingerprint density at radius 1 is 0.943 bits per heavy atom. The molecule has 0 radical (unpaired) electrons. The summed E-state index contributed by atoms with van der Waals surface area (Å²) in [7, 11) is -2.28. The molecule has 8 heteroatoms. The molecule has 1 heterocycles. The van der Waals surface area contributed by atoms with Crippen LogP contribution in [0.4, 0.5) is 0 Å². The van der Waals surface area contributed by atoms with Crippen LogP contribution in [0.3, 0.4) is 0 Å². The Morgan fingerprint density at radius 3 is 2.23 bits per heavy atom. The molecule has 0 aliphatic heterocycles. The number of nitrogens with one attached hydrogen (secondary N) is 1. The first kappa shape index (κ1) is 24.5. The highest BCUT2D eigenvalue weighted by Gasteiger charge is 2.22. The Morgan fingerprint density at radius 2 is 1.60 bits per heavy atom. The number of rotatable bonds is 11. The maximum atomic E-state index is 13.0. The second-order valence-electron chi connectivity index (χ2n) is 8.06. The molecule has 0 saturated carbocycles. The Labute approximate surface area is 204 Å². The van der Waals surface area contributed by atoms with Crippen LogP contribution in [0.1, 0.15) is 22.6 Å². The summed E-state index contributed by atoms with van der Waals surface area (Å²) in [6.07, 6.45) is 2.02. The first-order valence-corrected chi connectivity index (χ1v) is 12.9. The maximum absolute atomic E-state index is 13.0. The average Bonchev–Trinajstić information content (AvgIpc) is 3.30. The summed E-state index contributed by atoms with van der Waals surface area (Å²) in [5.74, 6) is -0.404. The average molecular weight is 494 g/mol. The van der Waals surface area contributed by atoms with E-state index in [1.54, 1.807) is 18.4 Å². The summed E-state index contributed by atoms with van der Waals surface area (Å²) < 4.78 is 44.5. The first-order valence-electron chi connectivity index (χ1n) is 11.2. The second kappa shape index (κ2) is 11.2. The molecule has 0 unspecified atom stereocenters. The van der Waals surface area contributed by atoms with Crippen molar-refractivity contribution < 1.29 is 27.1 Å². The number of benzene rings is 3. The summed E-state index contributed by atoms with van der Waals surface area (Å²) in [6, 6.07) is 24.7. The van der Waals surface area contributed by atoms with Crippen LogP contribution in [0.25, 0.3) is 11.0 Å². The third-order valence-corrected chi connectivity index (χ3v) is 7.14. The standard InChI is InChI=1S/C27H27NO6S/c1-32-26(29)18-33-25-14-8-13-23-22(17-34-27(23)25)15-16-28-35(30,31)19-24(20-9-4-2-5-10-20)21-11-6-3-7-12-21/h2-14,17,24,28H,15-16,18-19H2,1H3. The molecule has 0 amide bonds. The van der Waals surface area contributed by atoms with E-state index in [1.807, 2.05) is 66.7 Å². The van der Waals surface area contributed by atoms with Gasteiger partial charge in [0, 0.05) is 17.8 Å². The van der Waals surface area contributed by atoms with E-state index in [1.165, 1.54) is 7.11 Å². The topological polar surface area (TPSA) is 94.8 Å². The number of sulfonamides is 1. The predicted molar refractivity (Wildman–Crippen MR) is 134 cm³/mol. The van der Waals surface area contributed by atoms with Gasteiger partial charge in [0.1, 0.15) is 0 Å². The zero-order valence-corrected chi connectivity index (χ0v) is 20.2. The third-order valence-electron chi connectivity index (χ3n) is 5.72. The van der Waals surface area contributed by atoms with Gasteiger partial charge in [0.2, 0.25) is 10.0 Å².